The summed E-state index contributed by atoms with van der Waals surface area (Å²) in [5.74, 6) is -0.169. The zero-order valence-electron chi connectivity index (χ0n) is 12.1. The molecule has 22 heavy (non-hydrogen) atoms. The molecule has 0 bridgehead atoms. The van der Waals surface area contributed by atoms with Gasteiger partial charge in [-0.1, -0.05) is 23.4 Å². The Morgan fingerprint density at radius 2 is 2.05 bits per heavy atom. The molecule has 0 aliphatic carbocycles. The van der Waals surface area contributed by atoms with Crippen LogP contribution in [-0.2, 0) is 9.84 Å². The quantitative estimate of drug-likeness (QED) is 0.823. The molecule has 2 heterocycles. The zero-order chi connectivity index (χ0) is 15.7. The number of rotatable bonds is 3. The third-order valence-corrected chi connectivity index (χ3v) is 5.56. The van der Waals surface area contributed by atoms with Gasteiger partial charge in [0.2, 0.25) is 0 Å². The number of hydrogen-bond acceptors (Lipinski definition) is 5. The van der Waals surface area contributed by atoms with Crippen LogP contribution < -0.4 is 0 Å². The van der Waals surface area contributed by atoms with Crippen LogP contribution >= 0.6 is 0 Å². The first-order valence-corrected chi connectivity index (χ1v) is 8.74. The number of benzene rings is 1. The van der Waals surface area contributed by atoms with Crippen LogP contribution in [0.4, 0.5) is 0 Å². The highest BCUT2D eigenvalue weighted by molar-refractivity contribution is 7.91. The van der Waals surface area contributed by atoms with Gasteiger partial charge in [0.1, 0.15) is 0 Å². The molecule has 2 aromatic rings. The highest BCUT2D eigenvalue weighted by Crippen LogP contribution is 2.18. The summed E-state index contributed by atoms with van der Waals surface area (Å²) in [4.78, 5) is 13.9. The number of aromatic nitrogens is 3. The van der Waals surface area contributed by atoms with Crippen molar-refractivity contribution < 1.29 is 13.2 Å². The zero-order valence-corrected chi connectivity index (χ0v) is 12.9. The van der Waals surface area contributed by atoms with Crippen molar-refractivity contribution >= 4 is 15.7 Å². The first kappa shape index (κ1) is 14.7. The molecule has 3 rings (SSSR count). The average molecular weight is 320 g/mol. The fourth-order valence-corrected chi connectivity index (χ4v) is 4.27. The van der Waals surface area contributed by atoms with Crippen molar-refractivity contribution in [2.45, 2.75) is 12.5 Å². The molecule has 1 aliphatic heterocycles. The standard InChI is InChI=1S/C14H16N4O3S/c1-17(12-7-8-22(20,21)10-12)14(19)13-9-18(16-15-13)11-5-3-2-4-6-11/h2-6,9,12H,7-8,10H2,1H3/t12-/m1/s1. The van der Waals surface area contributed by atoms with Gasteiger partial charge < -0.3 is 4.90 Å². The van der Waals surface area contributed by atoms with E-state index in [1.807, 2.05) is 30.3 Å². The Morgan fingerprint density at radius 1 is 1.32 bits per heavy atom. The molecule has 116 valence electrons. The Hall–Kier alpha value is -2.22. The van der Waals surface area contributed by atoms with Crippen LogP contribution in [0.2, 0.25) is 0 Å². The van der Waals surface area contributed by atoms with Crippen LogP contribution in [0.1, 0.15) is 16.9 Å². The van der Waals surface area contributed by atoms with Crippen LogP contribution in [-0.4, -0.2) is 58.8 Å². The van der Waals surface area contributed by atoms with Crippen LogP contribution in [0.5, 0.6) is 0 Å². The maximum atomic E-state index is 12.4. The molecule has 1 aromatic carbocycles. The number of sulfone groups is 1. The number of nitrogens with zero attached hydrogens (tertiary/aromatic N) is 4. The Morgan fingerprint density at radius 3 is 2.68 bits per heavy atom. The SMILES string of the molecule is CN(C(=O)c1cn(-c2ccccc2)nn1)[C@@H]1CCS(=O)(=O)C1. The summed E-state index contributed by atoms with van der Waals surface area (Å²) in [6.07, 6.45) is 2.02. The molecular formula is C14H16N4O3S. The van der Waals surface area contributed by atoms with Crippen molar-refractivity contribution in [1.29, 1.82) is 0 Å². The minimum absolute atomic E-state index is 0.0159. The van der Waals surface area contributed by atoms with Crippen LogP contribution in [0, 0.1) is 0 Å². The molecule has 1 aromatic heterocycles. The summed E-state index contributed by atoms with van der Waals surface area (Å²) in [5.41, 5.74) is 1.01. The second-order valence-corrected chi connectivity index (χ2v) is 7.59. The number of hydrogen-bond donors (Lipinski definition) is 0. The Kier molecular flexibility index (Phi) is 3.69. The Balaban J connectivity index is 1.77. The predicted octanol–water partition coefficient (Wildman–Crippen LogP) is 0.526. The lowest BCUT2D eigenvalue weighted by Gasteiger charge is -2.21. The van der Waals surface area contributed by atoms with E-state index in [9.17, 15) is 13.2 Å². The van der Waals surface area contributed by atoms with E-state index in [-0.39, 0.29) is 29.1 Å². The van der Waals surface area contributed by atoms with Gasteiger partial charge in [0, 0.05) is 13.1 Å². The molecule has 1 atom stereocenters. The molecule has 0 radical (unpaired) electrons. The molecule has 1 fully saturated rings. The first-order valence-electron chi connectivity index (χ1n) is 6.92. The van der Waals surface area contributed by atoms with Gasteiger partial charge in [-0.2, -0.15) is 0 Å². The largest absolute Gasteiger partial charge is 0.336 e. The molecule has 1 saturated heterocycles. The van der Waals surface area contributed by atoms with Gasteiger partial charge in [-0.15, -0.1) is 5.10 Å². The lowest BCUT2D eigenvalue weighted by molar-refractivity contribution is 0.0741. The monoisotopic (exact) mass is 320 g/mol. The molecule has 0 saturated carbocycles. The second-order valence-electron chi connectivity index (χ2n) is 5.36. The van der Waals surface area contributed by atoms with Crippen molar-refractivity contribution in [3.8, 4) is 5.69 Å². The molecule has 1 amide bonds. The van der Waals surface area contributed by atoms with Gasteiger partial charge in [-0.25, -0.2) is 13.1 Å². The van der Waals surface area contributed by atoms with Gasteiger partial charge in [-0.3, -0.25) is 4.79 Å². The van der Waals surface area contributed by atoms with Crippen molar-refractivity contribution in [2.75, 3.05) is 18.6 Å². The Labute approximate surface area is 128 Å². The third-order valence-electron chi connectivity index (χ3n) is 3.81. The average Bonchev–Trinajstić information content (AvgIpc) is 3.13. The van der Waals surface area contributed by atoms with Gasteiger partial charge in [0.15, 0.2) is 15.5 Å². The second kappa shape index (κ2) is 5.53. The summed E-state index contributed by atoms with van der Waals surface area (Å²) in [6.45, 7) is 0. The molecule has 1 aliphatic rings. The minimum atomic E-state index is -3.03. The van der Waals surface area contributed by atoms with Crippen molar-refractivity contribution in [1.82, 2.24) is 19.9 Å². The molecule has 7 nitrogen and oxygen atoms in total. The van der Waals surface area contributed by atoms with Gasteiger partial charge >= 0.3 is 0 Å². The maximum absolute atomic E-state index is 12.4. The fraction of sp³-hybridized carbons (Fsp3) is 0.357. The van der Waals surface area contributed by atoms with Crippen LogP contribution in [0.15, 0.2) is 36.5 Å². The molecule has 8 heteroatoms. The van der Waals surface area contributed by atoms with E-state index >= 15 is 0 Å². The topological polar surface area (TPSA) is 85.2 Å². The van der Waals surface area contributed by atoms with E-state index in [1.165, 1.54) is 9.58 Å². The van der Waals surface area contributed by atoms with Gasteiger partial charge in [-0.05, 0) is 18.6 Å². The predicted molar refractivity (Wildman–Crippen MR) is 80.5 cm³/mol. The summed E-state index contributed by atoms with van der Waals surface area (Å²) in [7, 11) is -1.42. The summed E-state index contributed by atoms with van der Waals surface area (Å²) in [6, 6.07) is 9.05. The third kappa shape index (κ3) is 2.87. The first-order chi connectivity index (χ1) is 10.5. The van der Waals surface area contributed by atoms with Gasteiger partial charge in [0.25, 0.3) is 5.91 Å². The van der Waals surface area contributed by atoms with E-state index in [2.05, 4.69) is 10.3 Å². The van der Waals surface area contributed by atoms with E-state index in [4.69, 9.17) is 0 Å². The van der Waals surface area contributed by atoms with E-state index < -0.39 is 9.84 Å². The van der Waals surface area contributed by atoms with E-state index in [0.717, 1.165) is 5.69 Å². The summed E-state index contributed by atoms with van der Waals surface area (Å²) >= 11 is 0. The molecule has 0 N–H and O–H groups in total. The lowest BCUT2D eigenvalue weighted by atomic mass is 10.2. The minimum Gasteiger partial charge on any atom is -0.336 e. The van der Waals surface area contributed by atoms with Crippen molar-refractivity contribution in [3.63, 3.8) is 0 Å². The lowest BCUT2D eigenvalue weighted by Crippen LogP contribution is -2.38. The van der Waals surface area contributed by atoms with Crippen LogP contribution in [0.3, 0.4) is 0 Å². The van der Waals surface area contributed by atoms with Crippen molar-refractivity contribution in [3.05, 3.63) is 42.2 Å². The van der Waals surface area contributed by atoms with Crippen molar-refractivity contribution in [2.24, 2.45) is 0 Å². The van der Waals surface area contributed by atoms with E-state index in [1.54, 1.807) is 13.2 Å². The maximum Gasteiger partial charge on any atom is 0.276 e. The van der Waals surface area contributed by atoms with E-state index in [0.29, 0.717) is 6.42 Å². The summed E-state index contributed by atoms with van der Waals surface area (Å²) in [5, 5.41) is 7.84. The Bertz CT molecular complexity index is 785. The van der Waals surface area contributed by atoms with Crippen LogP contribution in [0.25, 0.3) is 5.69 Å². The highest BCUT2D eigenvalue weighted by Gasteiger charge is 2.33. The normalized spacial score (nSPS) is 20.0. The summed E-state index contributed by atoms with van der Waals surface area (Å²) < 4.78 is 24.6. The van der Waals surface area contributed by atoms with Gasteiger partial charge in [0.05, 0.1) is 23.4 Å². The highest BCUT2D eigenvalue weighted by atomic mass is 32.2. The fourth-order valence-electron chi connectivity index (χ4n) is 2.50. The molecule has 0 spiro atoms. The smallest absolute Gasteiger partial charge is 0.276 e. The number of amides is 1. The number of carbonyl (C=O) groups excluding carboxylic acids is 1. The number of para-hydroxylation sites is 1. The molecular weight excluding hydrogens is 304 g/mol. The molecule has 0 unspecified atom stereocenters. The number of carbonyl (C=O) groups is 1.